The summed E-state index contributed by atoms with van der Waals surface area (Å²) in [5, 5.41) is 0.870. The van der Waals surface area contributed by atoms with Crippen LogP contribution in [0.25, 0.3) is 0 Å². The number of rotatable bonds is 3. The number of nitrogens with zero attached hydrogens (tertiary/aromatic N) is 1. The minimum Gasteiger partial charge on any atom is -0.337 e. The zero-order valence-electron chi connectivity index (χ0n) is 11.0. The van der Waals surface area contributed by atoms with Gasteiger partial charge in [-0.15, -0.1) is 0 Å². The number of hydrogen-bond donors (Lipinski definition) is 0. The molecule has 0 atom stereocenters. The fraction of sp³-hybridized carbons (Fsp3) is 0.133. The first-order valence-corrected chi connectivity index (χ1v) is 7.58. The molecule has 2 nitrogen and oxygen atoms in total. The quantitative estimate of drug-likeness (QED) is 0.708. The fourth-order valence-corrected chi connectivity index (χ4v) is 2.77. The normalized spacial score (nSPS) is 10.5. The molecule has 2 rings (SSSR count). The second-order valence-electron chi connectivity index (χ2n) is 4.50. The van der Waals surface area contributed by atoms with Crippen molar-refractivity contribution in [1.29, 1.82) is 0 Å². The molecule has 0 bridgehead atoms. The van der Waals surface area contributed by atoms with Gasteiger partial charge in [-0.25, -0.2) is 4.39 Å². The molecule has 2 aromatic carbocycles. The van der Waals surface area contributed by atoms with E-state index in [1.807, 2.05) is 0 Å². The minimum absolute atomic E-state index is 0.238. The van der Waals surface area contributed by atoms with E-state index in [-0.39, 0.29) is 5.91 Å². The number of hydrogen-bond acceptors (Lipinski definition) is 1. The Hall–Kier alpha value is -1.10. The molecule has 1 amide bonds. The Morgan fingerprint density at radius 2 is 2.00 bits per heavy atom. The van der Waals surface area contributed by atoms with Crippen LogP contribution in [0.15, 0.2) is 40.9 Å². The van der Waals surface area contributed by atoms with Crippen LogP contribution in [-0.2, 0) is 6.54 Å². The van der Waals surface area contributed by atoms with Crippen LogP contribution in [0.4, 0.5) is 4.39 Å². The Balaban J connectivity index is 2.21. The van der Waals surface area contributed by atoms with Crippen molar-refractivity contribution >= 4 is 45.0 Å². The molecule has 0 aliphatic heterocycles. The molecule has 0 fully saturated rings. The van der Waals surface area contributed by atoms with Gasteiger partial charge in [0.25, 0.3) is 5.91 Å². The van der Waals surface area contributed by atoms with E-state index in [0.717, 1.165) is 5.56 Å². The molecule has 0 saturated heterocycles. The van der Waals surface area contributed by atoms with Gasteiger partial charge in [0.2, 0.25) is 0 Å². The Morgan fingerprint density at radius 1 is 1.29 bits per heavy atom. The zero-order valence-corrected chi connectivity index (χ0v) is 14.1. The van der Waals surface area contributed by atoms with E-state index in [1.54, 1.807) is 25.2 Å². The van der Waals surface area contributed by atoms with Crippen molar-refractivity contribution < 1.29 is 9.18 Å². The molecule has 0 unspecified atom stereocenters. The highest BCUT2D eigenvalue weighted by Crippen LogP contribution is 2.27. The molecule has 0 aliphatic rings. The molecule has 0 aromatic heterocycles. The van der Waals surface area contributed by atoms with Gasteiger partial charge in [0, 0.05) is 18.1 Å². The van der Waals surface area contributed by atoms with Crippen LogP contribution in [-0.4, -0.2) is 17.9 Å². The number of halogens is 4. The first-order chi connectivity index (χ1) is 9.90. The van der Waals surface area contributed by atoms with Crippen LogP contribution in [0, 0.1) is 5.82 Å². The monoisotopic (exact) mass is 389 g/mol. The van der Waals surface area contributed by atoms with E-state index in [2.05, 4.69) is 15.9 Å². The van der Waals surface area contributed by atoms with Crippen molar-refractivity contribution in [2.45, 2.75) is 6.54 Å². The topological polar surface area (TPSA) is 20.3 Å². The smallest absolute Gasteiger partial charge is 0.255 e. The highest BCUT2D eigenvalue weighted by molar-refractivity contribution is 9.10. The summed E-state index contributed by atoms with van der Waals surface area (Å²) < 4.78 is 13.5. The summed E-state index contributed by atoms with van der Waals surface area (Å²) in [6, 6.07) is 9.21. The van der Waals surface area contributed by atoms with E-state index in [4.69, 9.17) is 23.2 Å². The van der Waals surface area contributed by atoms with Crippen LogP contribution in [0.3, 0.4) is 0 Å². The van der Waals surface area contributed by atoms with Crippen LogP contribution in [0.1, 0.15) is 15.9 Å². The summed E-state index contributed by atoms with van der Waals surface area (Å²) in [7, 11) is 1.65. The third kappa shape index (κ3) is 3.76. The van der Waals surface area contributed by atoms with Gasteiger partial charge in [0.15, 0.2) is 0 Å². The molecule has 0 radical (unpaired) electrons. The molecule has 0 N–H and O–H groups in total. The SMILES string of the molecule is CN(Cc1cccc(Cl)c1Cl)C(=O)c1ccc(F)cc1Br. The van der Waals surface area contributed by atoms with Gasteiger partial charge in [0.1, 0.15) is 5.82 Å². The largest absolute Gasteiger partial charge is 0.337 e. The molecule has 0 saturated carbocycles. The van der Waals surface area contributed by atoms with Crippen molar-refractivity contribution in [3.05, 3.63) is 67.9 Å². The maximum Gasteiger partial charge on any atom is 0.255 e. The average Bonchev–Trinajstić information content (AvgIpc) is 2.43. The molecular weight excluding hydrogens is 380 g/mol. The predicted octanol–water partition coefficient (Wildman–Crippen LogP) is 5.17. The molecule has 21 heavy (non-hydrogen) atoms. The van der Waals surface area contributed by atoms with E-state index in [0.29, 0.717) is 26.6 Å². The van der Waals surface area contributed by atoms with Crippen LogP contribution in [0.5, 0.6) is 0 Å². The van der Waals surface area contributed by atoms with Gasteiger partial charge in [-0.1, -0.05) is 35.3 Å². The Morgan fingerprint density at radius 3 is 2.67 bits per heavy atom. The summed E-state index contributed by atoms with van der Waals surface area (Å²) in [6.45, 7) is 0.308. The van der Waals surface area contributed by atoms with E-state index in [9.17, 15) is 9.18 Å². The number of amides is 1. The molecule has 2 aromatic rings. The molecule has 110 valence electrons. The fourth-order valence-electron chi connectivity index (χ4n) is 1.87. The van der Waals surface area contributed by atoms with Crippen LogP contribution >= 0.6 is 39.1 Å². The van der Waals surface area contributed by atoms with Gasteiger partial charge in [0.05, 0.1) is 15.6 Å². The van der Waals surface area contributed by atoms with E-state index >= 15 is 0 Å². The number of carbonyl (C=O) groups excluding carboxylic acids is 1. The first-order valence-electron chi connectivity index (χ1n) is 6.03. The van der Waals surface area contributed by atoms with Crippen molar-refractivity contribution in [3.8, 4) is 0 Å². The van der Waals surface area contributed by atoms with Gasteiger partial charge >= 0.3 is 0 Å². The maximum absolute atomic E-state index is 13.1. The van der Waals surface area contributed by atoms with Gasteiger partial charge < -0.3 is 4.90 Å². The van der Waals surface area contributed by atoms with Crippen molar-refractivity contribution in [2.75, 3.05) is 7.05 Å². The van der Waals surface area contributed by atoms with E-state index < -0.39 is 5.82 Å². The molecular formula is C15H11BrCl2FNO. The Bertz CT molecular complexity index is 693. The van der Waals surface area contributed by atoms with Crippen molar-refractivity contribution in [3.63, 3.8) is 0 Å². The first kappa shape index (κ1) is 16.3. The van der Waals surface area contributed by atoms with Crippen molar-refractivity contribution in [2.24, 2.45) is 0 Å². The molecule has 0 heterocycles. The summed E-state index contributed by atoms with van der Waals surface area (Å²) in [4.78, 5) is 13.9. The lowest BCUT2D eigenvalue weighted by atomic mass is 10.1. The minimum atomic E-state index is -0.404. The summed E-state index contributed by atoms with van der Waals surface area (Å²) in [5.74, 6) is -0.642. The lowest BCUT2D eigenvalue weighted by molar-refractivity contribution is 0.0784. The van der Waals surface area contributed by atoms with Crippen LogP contribution < -0.4 is 0 Å². The lowest BCUT2D eigenvalue weighted by Gasteiger charge is -2.19. The molecule has 0 aliphatic carbocycles. The summed E-state index contributed by atoms with van der Waals surface area (Å²) in [6.07, 6.45) is 0. The highest BCUT2D eigenvalue weighted by atomic mass is 79.9. The molecule has 0 spiro atoms. The second kappa shape index (κ2) is 6.77. The standard InChI is InChI=1S/C15H11BrCl2FNO/c1-20(8-9-3-2-4-13(17)14(9)18)15(21)11-6-5-10(19)7-12(11)16/h2-7H,8H2,1H3. The summed E-state index contributed by atoms with van der Waals surface area (Å²) in [5.41, 5.74) is 1.13. The second-order valence-corrected chi connectivity index (χ2v) is 6.14. The van der Waals surface area contributed by atoms with Gasteiger partial charge in [-0.05, 0) is 45.8 Å². The van der Waals surface area contributed by atoms with E-state index in [1.165, 1.54) is 23.1 Å². The average molecular weight is 391 g/mol. The van der Waals surface area contributed by atoms with Crippen molar-refractivity contribution in [1.82, 2.24) is 4.90 Å². The number of benzene rings is 2. The predicted molar refractivity (Wildman–Crippen MR) is 86.4 cm³/mol. The third-order valence-electron chi connectivity index (χ3n) is 2.95. The van der Waals surface area contributed by atoms with Gasteiger partial charge in [-0.3, -0.25) is 4.79 Å². The highest BCUT2D eigenvalue weighted by Gasteiger charge is 2.17. The van der Waals surface area contributed by atoms with Gasteiger partial charge in [-0.2, -0.15) is 0 Å². The maximum atomic E-state index is 13.1. The zero-order chi connectivity index (χ0) is 15.6. The lowest BCUT2D eigenvalue weighted by Crippen LogP contribution is -2.26. The Labute approximate surface area is 140 Å². The Kier molecular flexibility index (Phi) is 5.25. The number of carbonyl (C=O) groups is 1. The third-order valence-corrected chi connectivity index (χ3v) is 4.46. The van der Waals surface area contributed by atoms with Crippen LogP contribution in [0.2, 0.25) is 10.0 Å². The molecule has 6 heteroatoms. The summed E-state index contributed by atoms with van der Waals surface area (Å²) >= 11 is 15.3.